The van der Waals surface area contributed by atoms with E-state index in [0.717, 1.165) is 24.1 Å². The van der Waals surface area contributed by atoms with Crippen molar-refractivity contribution in [3.63, 3.8) is 0 Å². The lowest BCUT2D eigenvalue weighted by molar-refractivity contribution is 0.182. The van der Waals surface area contributed by atoms with Crippen LogP contribution in [0.2, 0.25) is 0 Å². The van der Waals surface area contributed by atoms with Gasteiger partial charge in [-0.25, -0.2) is 4.79 Å². The monoisotopic (exact) mass is 342 g/mol. The van der Waals surface area contributed by atoms with Crippen LogP contribution >= 0.6 is 0 Å². The average Bonchev–Trinajstić information content (AvgIpc) is 2.65. The number of methoxy groups -OCH3 is 2. The van der Waals surface area contributed by atoms with Crippen LogP contribution in [0.3, 0.4) is 0 Å². The number of nitrogens with one attached hydrogen (secondary N) is 1. The molecule has 0 aromatic heterocycles. The molecule has 134 valence electrons. The van der Waals surface area contributed by atoms with Crippen LogP contribution in [0, 0.1) is 0 Å². The molecule has 0 spiro atoms. The van der Waals surface area contributed by atoms with Gasteiger partial charge in [0.2, 0.25) is 0 Å². The topological polar surface area (TPSA) is 50.8 Å². The molecule has 0 heterocycles. The molecular weight excluding hydrogens is 316 g/mol. The van der Waals surface area contributed by atoms with E-state index >= 15 is 0 Å². The number of rotatable bonds is 9. The third-order valence-corrected chi connectivity index (χ3v) is 3.85. The van der Waals surface area contributed by atoms with E-state index in [2.05, 4.69) is 5.32 Å². The first-order valence-corrected chi connectivity index (χ1v) is 8.46. The maximum absolute atomic E-state index is 12.7. The van der Waals surface area contributed by atoms with Gasteiger partial charge in [-0.15, -0.1) is 0 Å². The van der Waals surface area contributed by atoms with Gasteiger partial charge in [-0.2, -0.15) is 0 Å². The molecule has 0 saturated carbocycles. The summed E-state index contributed by atoms with van der Waals surface area (Å²) in [5, 5.41) is 2.95. The average molecular weight is 342 g/mol. The Labute approximate surface area is 149 Å². The highest BCUT2D eigenvalue weighted by atomic mass is 16.5. The van der Waals surface area contributed by atoms with E-state index in [1.54, 1.807) is 14.2 Å². The number of carbonyl (C=O) groups is 1. The molecular formula is C20H26N2O3. The Morgan fingerprint density at radius 3 is 2.56 bits per heavy atom. The quantitative estimate of drug-likeness (QED) is 0.696. The van der Waals surface area contributed by atoms with Crippen molar-refractivity contribution in [2.24, 2.45) is 0 Å². The number of ether oxygens (including phenoxy) is 2. The van der Waals surface area contributed by atoms with E-state index in [0.29, 0.717) is 25.4 Å². The van der Waals surface area contributed by atoms with Gasteiger partial charge < -0.3 is 19.7 Å². The molecule has 0 radical (unpaired) electrons. The molecule has 0 saturated heterocycles. The zero-order chi connectivity index (χ0) is 17.9. The molecule has 2 aromatic carbocycles. The molecule has 0 aliphatic carbocycles. The first kappa shape index (κ1) is 18.8. The number of anilines is 1. The first-order chi connectivity index (χ1) is 12.2. The van der Waals surface area contributed by atoms with Crippen LogP contribution < -0.4 is 10.1 Å². The molecule has 0 bridgehead atoms. The van der Waals surface area contributed by atoms with Crippen LogP contribution in [0.15, 0.2) is 54.6 Å². The van der Waals surface area contributed by atoms with E-state index in [-0.39, 0.29) is 6.03 Å². The predicted molar refractivity (Wildman–Crippen MR) is 100.0 cm³/mol. The fourth-order valence-corrected chi connectivity index (χ4v) is 2.51. The number of unbranched alkanes of at least 4 members (excludes halogenated alkanes) is 1. The third-order valence-electron chi connectivity index (χ3n) is 3.85. The highest BCUT2D eigenvalue weighted by Gasteiger charge is 2.14. The lowest BCUT2D eigenvalue weighted by Gasteiger charge is -2.23. The molecule has 0 unspecified atom stereocenters. The van der Waals surface area contributed by atoms with Crippen molar-refractivity contribution in [3.8, 4) is 5.75 Å². The Balaban J connectivity index is 2.02. The van der Waals surface area contributed by atoms with Gasteiger partial charge in [0.1, 0.15) is 5.75 Å². The zero-order valence-corrected chi connectivity index (χ0v) is 14.9. The van der Waals surface area contributed by atoms with E-state index in [1.165, 1.54) is 0 Å². The van der Waals surface area contributed by atoms with E-state index in [4.69, 9.17) is 9.47 Å². The summed E-state index contributed by atoms with van der Waals surface area (Å²) in [6.45, 7) is 1.95. The standard InChI is InChI=1S/C20H26N2O3/c1-24-14-7-6-13-22(16-17-9-4-3-5-10-17)20(23)21-18-11-8-12-19(15-18)25-2/h3-5,8-12,15H,6-7,13-14,16H2,1-2H3,(H,21,23). The molecule has 0 aliphatic rings. The maximum atomic E-state index is 12.7. The van der Waals surface area contributed by atoms with Crippen LogP contribution in [0.4, 0.5) is 10.5 Å². The molecule has 0 atom stereocenters. The molecule has 2 aromatic rings. The van der Waals surface area contributed by atoms with Crippen molar-refractivity contribution < 1.29 is 14.3 Å². The van der Waals surface area contributed by atoms with Gasteiger partial charge in [0.05, 0.1) is 7.11 Å². The number of carbonyl (C=O) groups excluding carboxylic acids is 1. The SMILES string of the molecule is COCCCCN(Cc1ccccc1)C(=O)Nc1cccc(OC)c1. The summed E-state index contributed by atoms with van der Waals surface area (Å²) in [4.78, 5) is 14.5. The molecule has 1 N–H and O–H groups in total. The van der Waals surface area contributed by atoms with Gasteiger partial charge in [-0.3, -0.25) is 0 Å². The second-order valence-corrected chi connectivity index (χ2v) is 5.77. The lowest BCUT2D eigenvalue weighted by Crippen LogP contribution is -2.35. The summed E-state index contributed by atoms with van der Waals surface area (Å²) in [5.74, 6) is 0.715. The first-order valence-electron chi connectivity index (χ1n) is 8.46. The van der Waals surface area contributed by atoms with Gasteiger partial charge in [0, 0.05) is 38.6 Å². The molecule has 2 amide bonds. The van der Waals surface area contributed by atoms with Crippen molar-refractivity contribution in [2.45, 2.75) is 19.4 Å². The van der Waals surface area contributed by atoms with Crippen LogP contribution in [-0.4, -0.2) is 38.3 Å². The van der Waals surface area contributed by atoms with Crippen molar-refractivity contribution in [1.82, 2.24) is 4.90 Å². The third kappa shape index (κ3) is 6.47. The summed E-state index contributed by atoms with van der Waals surface area (Å²) in [6.07, 6.45) is 1.82. The zero-order valence-electron chi connectivity index (χ0n) is 14.9. The Bertz CT molecular complexity index is 646. The Hall–Kier alpha value is -2.53. The lowest BCUT2D eigenvalue weighted by atomic mass is 10.2. The molecule has 25 heavy (non-hydrogen) atoms. The van der Waals surface area contributed by atoms with E-state index in [9.17, 15) is 4.79 Å². The second-order valence-electron chi connectivity index (χ2n) is 5.77. The summed E-state index contributed by atoms with van der Waals surface area (Å²) in [5.41, 5.74) is 1.83. The summed E-state index contributed by atoms with van der Waals surface area (Å²) in [6, 6.07) is 17.3. The molecule has 5 heteroatoms. The van der Waals surface area contributed by atoms with Crippen LogP contribution in [0.1, 0.15) is 18.4 Å². The number of nitrogens with zero attached hydrogens (tertiary/aromatic N) is 1. The number of hydrogen-bond donors (Lipinski definition) is 1. The molecule has 0 aliphatic heterocycles. The second kappa shape index (κ2) is 10.4. The van der Waals surface area contributed by atoms with Gasteiger partial charge in [0.15, 0.2) is 0 Å². The van der Waals surface area contributed by atoms with Gasteiger partial charge >= 0.3 is 6.03 Å². The van der Waals surface area contributed by atoms with Gasteiger partial charge in [0.25, 0.3) is 0 Å². The number of urea groups is 1. The Morgan fingerprint density at radius 1 is 1.04 bits per heavy atom. The predicted octanol–water partition coefficient (Wildman–Crippen LogP) is 4.16. The van der Waals surface area contributed by atoms with Crippen molar-refractivity contribution in [1.29, 1.82) is 0 Å². The molecule has 0 fully saturated rings. The number of benzene rings is 2. The highest BCUT2D eigenvalue weighted by Crippen LogP contribution is 2.17. The van der Waals surface area contributed by atoms with Crippen LogP contribution in [0.5, 0.6) is 5.75 Å². The minimum atomic E-state index is -0.116. The Kier molecular flexibility index (Phi) is 7.79. The van der Waals surface area contributed by atoms with Crippen molar-refractivity contribution in [2.75, 3.05) is 32.7 Å². The van der Waals surface area contributed by atoms with Crippen LogP contribution in [-0.2, 0) is 11.3 Å². The van der Waals surface area contributed by atoms with Gasteiger partial charge in [-0.05, 0) is 30.5 Å². The molecule has 2 rings (SSSR count). The molecule has 5 nitrogen and oxygen atoms in total. The number of hydrogen-bond acceptors (Lipinski definition) is 3. The van der Waals surface area contributed by atoms with Crippen molar-refractivity contribution in [3.05, 3.63) is 60.2 Å². The maximum Gasteiger partial charge on any atom is 0.322 e. The summed E-state index contributed by atoms with van der Waals surface area (Å²) < 4.78 is 10.3. The largest absolute Gasteiger partial charge is 0.497 e. The smallest absolute Gasteiger partial charge is 0.322 e. The van der Waals surface area contributed by atoms with Gasteiger partial charge in [-0.1, -0.05) is 36.4 Å². The van der Waals surface area contributed by atoms with Crippen LogP contribution in [0.25, 0.3) is 0 Å². The minimum Gasteiger partial charge on any atom is -0.497 e. The van der Waals surface area contributed by atoms with E-state index < -0.39 is 0 Å². The summed E-state index contributed by atoms with van der Waals surface area (Å²) >= 11 is 0. The number of amides is 2. The van der Waals surface area contributed by atoms with Crippen molar-refractivity contribution >= 4 is 11.7 Å². The minimum absolute atomic E-state index is 0.116. The van der Waals surface area contributed by atoms with E-state index in [1.807, 2.05) is 59.5 Å². The summed E-state index contributed by atoms with van der Waals surface area (Å²) in [7, 11) is 3.30. The fraction of sp³-hybridized carbons (Fsp3) is 0.350. The highest BCUT2D eigenvalue weighted by molar-refractivity contribution is 5.89. The normalized spacial score (nSPS) is 10.3. The Morgan fingerprint density at radius 2 is 1.84 bits per heavy atom. The fourth-order valence-electron chi connectivity index (χ4n) is 2.51.